The van der Waals surface area contributed by atoms with Crippen LogP contribution in [0.5, 0.6) is 0 Å². The fraction of sp³-hybridized carbons (Fsp3) is 0.875. The molecule has 21 heavy (non-hydrogen) atoms. The second-order valence-electron chi connectivity index (χ2n) is 6.06. The Morgan fingerprint density at radius 2 is 1.90 bits per heavy atom. The fourth-order valence-electron chi connectivity index (χ4n) is 4.07. The normalized spacial score (nSPS) is 34.5. The van der Waals surface area contributed by atoms with Gasteiger partial charge in [-0.1, -0.05) is 26.2 Å². The predicted octanol–water partition coefficient (Wildman–Crippen LogP) is 3.04. The van der Waals surface area contributed by atoms with Crippen LogP contribution in [-0.4, -0.2) is 36.7 Å². The number of unbranched alkanes of at least 4 members (excludes halogenated alkanes) is 1. The molecule has 5 heteroatoms. The summed E-state index contributed by atoms with van der Waals surface area (Å²) in [4.78, 5) is 24.4. The van der Waals surface area contributed by atoms with E-state index in [4.69, 9.17) is 9.47 Å². The van der Waals surface area contributed by atoms with Gasteiger partial charge in [-0.05, 0) is 30.9 Å². The number of carbonyl (C=O) groups excluding carboxylic acids is 2. The summed E-state index contributed by atoms with van der Waals surface area (Å²) in [6.07, 6.45) is 6.61. The molecule has 0 amide bonds. The van der Waals surface area contributed by atoms with Gasteiger partial charge in [0.1, 0.15) is 0 Å². The first-order chi connectivity index (χ1) is 10.1. The molecule has 0 heterocycles. The first-order valence-corrected chi connectivity index (χ1v) is 8.90. The standard InChI is InChI=1S/C16H26O4S/c1-4-5-10-21-16-9-7-6-8-11(16)12(14(17)19-2)13(16)15(18)20-3/h11-13H,4-10H2,1-3H3/t11-,12-,13-,16+/m1/s1. The minimum absolute atomic E-state index is 0.0978. The van der Waals surface area contributed by atoms with Crippen molar-refractivity contribution in [2.45, 2.75) is 50.2 Å². The van der Waals surface area contributed by atoms with Crippen LogP contribution in [0.3, 0.4) is 0 Å². The van der Waals surface area contributed by atoms with E-state index in [0.29, 0.717) is 0 Å². The van der Waals surface area contributed by atoms with Crippen LogP contribution in [0, 0.1) is 17.8 Å². The van der Waals surface area contributed by atoms with E-state index in [1.807, 2.05) is 11.8 Å². The van der Waals surface area contributed by atoms with Crippen molar-refractivity contribution in [3.63, 3.8) is 0 Å². The van der Waals surface area contributed by atoms with E-state index in [-0.39, 0.29) is 34.4 Å². The lowest BCUT2D eigenvalue weighted by molar-refractivity contribution is -0.177. The zero-order chi connectivity index (χ0) is 15.5. The SMILES string of the molecule is CCCCS[C@@]12CCCC[C@@H]1[C@@H](C(=O)OC)[C@@H]2C(=O)OC. The van der Waals surface area contributed by atoms with Gasteiger partial charge in [-0.2, -0.15) is 11.8 Å². The molecule has 0 saturated heterocycles. The molecule has 0 aliphatic heterocycles. The Morgan fingerprint density at radius 1 is 1.19 bits per heavy atom. The van der Waals surface area contributed by atoms with Crippen molar-refractivity contribution in [2.24, 2.45) is 17.8 Å². The molecule has 0 aromatic carbocycles. The highest BCUT2D eigenvalue weighted by Crippen LogP contribution is 2.64. The molecule has 0 unspecified atom stereocenters. The van der Waals surface area contributed by atoms with Crippen LogP contribution in [0.25, 0.3) is 0 Å². The lowest BCUT2D eigenvalue weighted by Crippen LogP contribution is -2.67. The molecule has 4 nitrogen and oxygen atoms in total. The number of ether oxygens (including phenoxy) is 2. The largest absolute Gasteiger partial charge is 0.469 e. The van der Waals surface area contributed by atoms with Gasteiger partial charge in [0.05, 0.1) is 26.1 Å². The maximum atomic E-state index is 12.3. The van der Waals surface area contributed by atoms with Crippen LogP contribution in [0.2, 0.25) is 0 Å². The van der Waals surface area contributed by atoms with Gasteiger partial charge in [0.25, 0.3) is 0 Å². The van der Waals surface area contributed by atoms with Gasteiger partial charge in [0.2, 0.25) is 0 Å². The van der Waals surface area contributed by atoms with Gasteiger partial charge in [0, 0.05) is 4.75 Å². The highest BCUT2D eigenvalue weighted by molar-refractivity contribution is 8.00. The summed E-state index contributed by atoms with van der Waals surface area (Å²) < 4.78 is 9.84. The van der Waals surface area contributed by atoms with E-state index in [9.17, 15) is 9.59 Å². The Labute approximate surface area is 131 Å². The first kappa shape index (κ1) is 16.7. The number of hydrogen-bond donors (Lipinski definition) is 0. The summed E-state index contributed by atoms with van der Waals surface area (Å²) in [6.45, 7) is 2.17. The second-order valence-corrected chi connectivity index (χ2v) is 7.52. The molecular weight excluding hydrogens is 288 g/mol. The molecule has 0 aromatic heterocycles. The zero-order valence-electron chi connectivity index (χ0n) is 13.2. The third-order valence-electron chi connectivity index (χ3n) is 5.08. The molecule has 0 spiro atoms. The average molecular weight is 314 g/mol. The minimum Gasteiger partial charge on any atom is -0.469 e. The predicted molar refractivity (Wildman–Crippen MR) is 83.1 cm³/mol. The molecule has 0 aromatic rings. The van der Waals surface area contributed by atoms with Gasteiger partial charge < -0.3 is 9.47 Å². The molecule has 2 saturated carbocycles. The first-order valence-electron chi connectivity index (χ1n) is 7.92. The molecular formula is C16H26O4S. The lowest BCUT2D eigenvalue weighted by atomic mass is 9.51. The molecule has 0 radical (unpaired) electrons. The summed E-state index contributed by atoms with van der Waals surface area (Å²) >= 11 is 1.89. The van der Waals surface area contributed by atoms with E-state index in [0.717, 1.165) is 44.3 Å². The van der Waals surface area contributed by atoms with Gasteiger partial charge in [0.15, 0.2) is 0 Å². The van der Waals surface area contributed by atoms with Crippen molar-refractivity contribution in [3.05, 3.63) is 0 Å². The van der Waals surface area contributed by atoms with Crippen LogP contribution in [0.4, 0.5) is 0 Å². The fourth-order valence-corrected chi connectivity index (χ4v) is 6.07. The topological polar surface area (TPSA) is 52.6 Å². The number of methoxy groups -OCH3 is 2. The Balaban J connectivity index is 2.23. The van der Waals surface area contributed by atoms with Gasteiger partial charge in [-0.25, -0.2) is 0 Å². The monoisotopic (exact) mass is 314 g/mol. The maximum absolute atomic E-state index is 12.3. The molecule has 2 aliphatic rings. The van der Waals surface area contributed by atoms with Crippen molar-refractivity contribution in [1.29, 1.82) is 0 Å². The van der Waals surface area contributed by atoms with Crippen LogP contribution in [-0.2, 0) is 19.1 Å². The molecule has 4 atom stereocenters. The number of thioether (sulfide) groups is 1. The number of hydrogen-bond acceptors (Lipinski definition) is 5. The Kier molecular flexibility index (Phi) is 5.58. The molecule has 120 valence electrons. The Morgan fingerprint density at radius 3 is 2.52 bits per heavy atom. The maximum Gasteiger partial charge on any atom is 0.310 e. The number of esters is 2. The molecule has 2 fully saturated rings. The van der Waals surface area contributed by atoms with E-state index >= 15 is 0 Å². The van der Waals surface area contributed by atoms with E-state index in [2.05, 4.69) is 6.92 Å². The van der Waals surface area contributed by atoms with Crippen LogP contribution in [0.15, 0.2) is 0 Å². The third-order valence-corrected chi connectivity index (χ3v) is 6.87. The average Bonchev–Trinajstić information content (AvgIpc) is 2.49. The van der Waals surface area contributed by atoms with Crippen LogP contribution < -0.4 is 0 Å². The number of rotatable bonds is 6. The number of carbonyl (C=O) groups is 2. The highest BCUT2D eigenvalue weighted by atomic mass is 32.2. The van der Waals surface area contributed by atoms with Crippen molar-refractivity contribution < 1.29 is 19.1 Å². The van der Waals surface area contributed by atoms with Crippen LogP contribution >= 0.6 is 11.8 Å². The van der Waals surface area contributed by atoms with Crippen LogP contribution in [0.1, 0.15) is 45.4 Å². The minimum atomic E-state index is -0.331. The smallest absolute Gasteiger partial charge is 0.310 e. The summed E-state index contributed by atoms with van der Waals surface area (Å²) in [6, 6.07) is 0. The summed E-state index contributed by atoms with van der Waals surface area (Å²) in [5, 5.41) is 0. The van der Waals surface area contributed by atoms with Gasteiger partial charge in [-0.15, -0.1) is 0 Å². The summed E-state index contributed by atoms with van der Waals surface area (Å²) in [5.74, 6) is 0.189. The van der Waals surface area contributed by atoms with Crippen molar-refractivity contribution >= 4 is 23.7 Å². The molecule has 2 aliphatic carbocycles. The van der Waals surface area contributed by atoms with E-state index in [1.54, 1.807) is 0 Å². The third kappa shape index (κ3) is 2.81. The highest BCUT2D eigenvalue weighted by Gasteiger charge is 2.68. The lowest BCUT2D eigenvalue weighted by Gasteiger charge is -2.60. The molecule has 2 rings (SSSR count). The molecule has 0 N–H and O–H groups in total. The number of fused-ring (bicyclic) bond motifs is 1. The van der Waals surface area contributed by atoms with Crippen molar-refractivity contribution in [1.82, 2.24) is 0 Å². The quantitative estimate of drug-likeness (QED) is 0.557. The zero-order valence-corrected chi connectivity index (χ0v) is 14.0. The van der Waals surface area contributed by atoms with Crippen molar-refractivity contribution in [2.75, 3.05) is 20.0 Å². The Bertz CT molecular complexity index is 398. The summed E-state index contributed by atoms with van der Waals surface area (Å²) in [7, 11) is 2.82. The second kappa shape index (κ2) is 7.03. The summed E-state index contributed by atoms with van der Waals surface area (Å²) in [5.41, 5.74) is 0. The molecule has 0 bridgehead atoms. The van der Waals surface area contributed by atoms with E-state index < -0.39 is 0 Å². The van der Waals surface area contributed by atoms with Crippen molar-refractivity contribution in [3.8, 4) is 0 Å². The Hall–Kier alpha value is -0.710. The van der Waals surface area contributed by atoms with Gasteiger partial charge >= 0.3 is 11.9 Å². The van der Waals surface area contributed by atoms with Gasteiger partial charge in [-0.3, -0.25) is 9.59 Å². The van der Waals surface area contributed by atoms with E-state index in [1.165, 1.54) is 14.2 Å².